The molecule has 1 aromatic carbocycles. The van der Waals surface area contributed by atoms with Gasteiger partial charge in [0, 0.05) is 4.88 Å². The molecule has 7 heteroatoms. The molecule has 2 aromatic rings. The van der Waals surface area contributed by atoms with Crippen molar-refractivity contribution >= 4 is 33.2 Å². The van der Waals surface area contributed by atoms with Crippen LogP contribution < -0.4 is 20.7 Å². The van der Waals surface area contributed by atoms with Gasteiger partial charge in [0.25, 0.3) is 5.91 Å². The number of hydrogen-bond donors (Lipinski definition) is 2. The first-order chi connectivity index (χ1) is 9.63. The summed E-state index contributed by atoms with van der Waals surface area (Å²) >= 11 is 4.76. The van der Waals surface area contributed by atoms with Crippen LogP contribution >= 0.6 is 27.3 Å². The molecule has 5 nitrogen and oxygen atoms in total. The highest BCUT2D eigenvalue weighted by molar-refractivity contribution is 9.10. The lowest BCUT2D eigenvalue weighted by Gasteiger charge is -2.08. The van der Waals surface area contributed by atoms with E-state index in [1.165, 1.54) is 11.3 Å². The number of halogens is 1. The SMILES string of the molecule is COc1ccc(OCc2ccc(C(=O)NN)s2)c(Br)c1. The van der Waals surface area contributed by atoms with Gasteiger partial charge >= 0.3 is 0 Å². The zero-order valence-electron chi connectivity index (χ0n) is 10.7. The molecular weight excluding hydrogens is 344 g/mol. The Morgan fingerprint density at radius 3 is 2.85 bits per heavy atom. The fourth-order valence-electron chi connectivity index (χ4n) is 1.52. The van der Waals surface area contributed by atoms with E-state index >= 15 is 0 Å². The lowest BCUT2D eigenvalue weighted by molar-refractivity contribution is 0.0957. The maximum atomic E-state index is 11.3. The van der Waals surface area contributed by atoms with E-state index in [1.807, 2.05) is 24.3 Å². The van der Waals surface area contributed by atoms with Crippen molar-refractivity contribution in [1.82, 2.24) is 5.43 Å². The van der Waals surface area contributed by atoms with Crippen LogP contribution in [0.2, 0.25) is 0 Å². The summed E-state index contributed by atoms with van der Waals surface area (Å²) in [6, 6.07) is 9.03. The molecule has 1 heterocycles. The number of methoxy groups -OCH3 is 1. The van der Waals surface area contributed by atoms with Gasteiger partial charge in [-0.05, 0) is 46.3 Å². The third-order valence-corrected chi connectivity index (χ3v) is 4.20. The van der Waals surface area contributed by atoms with Gasteiger partial charge in [-0.15, -0.1) is 11.3 Å². The molecule has 1 aromatic heterocycles. The lowest BCUT2D eigenvalue weighted by Crippen LogP contribution is -2.29. The first kappa shape index (κ1) is 14.8. The molecule has 0 fully saturated rings. The monoisotopic (exact) mass is 356 g/mol. The van der Waals surface area contributed by atoms with Crippen LogP contribution in [-0.2, 0) is 6.61 Å². The standard InChI is InChI=1S/C13H13BrN2O3S/c1-18-8-2-4-11(10(14)6-8)19-7-9-3-5-12(20-9)13(17)16-15/h2-6H,7,15H2,1H3,(H,16,17). The van der Waals surface area contributed by atoms with Gasteiger partial charge in [-0.25, -0.2) is 5.84 Å². The van der Waals surface area contributed by atoms with E-state index in [-0.39, 0.29) is 5.91 Å². The summed E-state index contributed by atoms with van der Waals surface area (Å²) < 4.78 is 11.6. The third kappa shape index (κ3) is 3.50. The van der Waals surface area contributed by atoms with Crippen LogP contribution in [0.3, 0.4) is 0 Å². The summed E-state index contributed by atoms with van der Waals surface area (Å²) in [5.41, 5.74) is 2.10. The molecule has 3 N–H and O–H groups in total. The molecule has 0 saturated carbocycles. The molecule has 20 heavy (non-hydrogen) atoms. The van der Waals surface area contributed by atoms with Gasteiger partial charge in [-0.2, -0.15) is 0 Å². The zero-order chi connectivity index (χ0) is 14.5. The number of carbonyl (C=O) groups excluding carboxylic acids is 1. The zero-order valence-corrected chi connectivity index (χ0v) is 13.1. The highest BCUT2D eigenvalue weighted by Gasteiger charge is 2.09. The van der Waals surface area contributed by atoms with Crippen LogP contribution in [0.15, 0.2) is 34.8 Å². The molecule has 0 unspecified atom stereocenters. The summed E-state index contributed by atoms with van der Waals surface area (Å²) in [6.45, 7) is 0.382. The topological polar surface area (TPSA) is 73.6 Å². The van der Waals surface area contributed by atoms with Crippen LogP contribution in [0.5, 0.6) is 11.5 Å². The Morgan fingerprint density at radius 1 is 1.40 bits per heavy atom. The molecule has 0 atom stereocenters. The van der Waals surface area contributed by atoms with E-state index in [2.05, 4.69) is 21.4 Å². The predicted molar refractivity (Wildman–Crippen MR) is 81.0 cm³/mol. The Bertz CT molecular complexity index is 615. The average Bonchev–Trinajstić information content (AvgIpc) is 2.94. The van der Waals surface area contributed by atoms with Gasteiger partial charge in [0.2, 0.25) is 0 Å². The highest BCUT2D eigenvalue weighted by Crippen LogP contribution is 2.30. The first-order valence-electron chi connectivity index (χ1n) is 5.70. The molecule has 0 saturated heterocycles. The number of nitrogens with one attached hydrogen (secondary N) is 1. The van der Waals surface area contributed by atoms with Crippen LogP contribution in [0.4, 0.5) is 0 Å². The molecule has 0 spiro atoms. The Labute approximate surface area is 128 Å². The van der Waals surface area contributed by atoms with Gasteiger partial charge in [-0.3, -0.25) is 10.2 Å². The van der Waals surface area contributed by atoms with Gasteiger partial charge in [0.05, 0.1) is 16.5 Å². The van der Waals surface area contributed by atoms with E-state index in [9.17, 15) is 4.79 Å². The van der Waals surface area contributed by atoms with E-state index in [1.54, 1.807) is 13.2 Å². The molecule has 1 amide bonds. The van der Waals surface area contributed by atoms with Gasteiger partial charge in [0.1, 0.15) is 18.1 Å². The summed E-state index contributed by atoms with van der Waals surface area (Å²) in [5, 5.41) is 0. The highest BCUT2D eigenvalue weighted by atomic mass is 79.9. The number of amides is 1. The van der Waals surface area contributed by atoms with Crippen molar-refractivity contribution in [3.05, 3.63) is 44.6 Å². The smallest absolute Gasteiger partial charge is 0.275 e. The number of benzene rings is 1. The lowest BCUT2D eigenvalue weighted by atomic mass is 10.3. The molecule has 2 rings (SSSR count). The molecule has 0 bridgehead atoms. The van der Waals surface area contributed by atoms with E-state index in [0.29, 0.717) is 17.2 Å². The Balaban J connectivity index is 2.01. The molecule has 106 valence electrons. The minimum absolute atomic E-state index is 0.299. The normalized spacial score (nSPS) is 10.2. The quantitative estimate of drug-likeness (QED) is 0.490. The second-order valence-electron chi connectivity index (χ2n) is 3.82. The maximum absolute atomic E-state index is 11.3. The van der Waals surface area contributed by atoms with Gasteiger partial charge in [-0.1, -0.05) is 0 Å². The van der Waals surface area contributed by atoms with Crippen molar-refractivity contribution in [2.75, 3.05) is 7.11 Å². The number of hydrogen-bond acceptors (Lipinski definition) is 5. The number of thiophene rings is 1. The van der Waals surface area contributed by atoms with Crippen molar-refractivity contribution in [3.8, 4) is 11.5 Å². The number of carbonyl (C=O) groups is 1. The predicted octanol–water partition coefficient (Wildman–Crippen LogP) is 2.70. The number of hydrazine groups is 1. The summed E-state index contributed by atoms with van der Waals surface area (Å²) in [7, 11) is 1.61. The summed E-state index contributed by atoms with van der Waals surface area (Å²) in [5.74, 6) is 6.25. The van der Waals surface area contributed by atoms with Crippen LogP contribution in [0, 0.1) is 0 Å². The van der Waals surface area contributed by atoms with Crippen LogP contribution in [-0.4, -0.2) is 13.0 Å². The van der Waals surface area contributed by atoms with Crippen LogP contribution in [0.1, 0.15) is 14.5 Å². The largest absolute Gasteiger partial charge is 0.497 e. The van der Waals surface area contributed by atoms with E-state index in [0.717, 1.165) is 15.1 Å². The number of nitrogen functional groups attached to an aromatic ring is 1. The Morgan fingerprint density at radius 2 is 2.20 bits per heavy atom. The summed E-state index contributed by atoms with van der Waals surface area (Å²) in [4.78, 5) is 12.8. The second kappa shape index (κ2) is 6.74. The molecule has 0 radical (unpaired) electrons. The second-order valence-corrected chi connectivity index (χ2v) is 5.85. The van der Waals surface area contributed by atoms with Crippen LogP contribution in [0.25, 0.3) is 0 Å². The fourth-order valence-corrected chi connectivity index (χ4v) is 2.82. The van der Waals surface area contributed by atoms with Crippen molar-refractivity contribution in [1.29, 1.82) is 0 Å². The molecule has 0 aliphatic rings. The summed E-state index contributed by atoms with van der Waals surface area (Å²) in [6.07, 6.45) is 0. The number of ether oxygens (including phenoxy) is 2. The van der Waals surface area contributed by atoms with E-state index < -0.39 is 0 Å². The van der Waals surface area contributed by atoms with Gasteiger partial charge in [0.15, 0.2) is 0 Å². The minimum Gasteiger partial charge on any atom is -0.497 e. The maximum Gasteiger partial charge on any atom is 0.275 e. The average molecular weight is 357 g/mol. The van der Waals surface area contributed by atoms with E-state index in [4.69, 9.17) is 15.3 Å². The van der Waals surface area contributed by atoms with Crippen molar-refractivity contribution < 1.29 is 14.3 Å². The van der Waals surface area contributed by atoms with Crippen molar-refractivity contribution in [3.63, 3.8) is 0 Å². The molecule has 0 aliphatic carbocycles. The molecule has 0 aliphatic heterocycles. The van der Waals surface area contributed by atoms with Crippen molar-refractivity contribution in [2.24, 2.45) is 5.84 Å². The number of nitrogens with two attached hydrogens (primary N) is 1. The first-order valence-corrected chi connectivity index (χ1v) is 7.31. The van der Waals surface area contributed by atoms with Gasteiger partial charge < -0.3 is 9.47 Å². The fraction of sp³-hybridized carbons (Fsp3) is 0.154. The number of rotatable bonds is 5. The molecular formula is C13H13BrN2O3S. The third-order valence-electron chi connectivity index (χ3n) is 2.53. The Hall–Kier alpha value is -1.57. The minimum atomic E-state index is -0.299. The van der Waals surface area contributed by atoms with Crippen molar-refractivity contribution in [2.45, 2.75) is 6.61 Å². The Kier molecular flexibility index (Phi) is 4.99.